The molecule has 3 heteroatoms. The van der Waals surface area contributed by atoms with Crippen LogP contribution in [-0.2, 0) is 4.79 Å². The van der Waals surface area contributed by atoms with E-state index in [1.165, 1.54) is 25.7 Å². The lowest BCUT2D eigenvalue weighted by atomic mass is 9.95. The van der Waals surface area contributed by atoms with Gasteiger partial charge in [0, 0.05) is 25.6 Å². The smallest absolute Gasteiger partial charge is 0.225 e. The van der Waals surface area contributed by atoms with Crippen LogP contribution in [0.25, 0.3) is 0 Å². The van der Waals surface area contributed by atoms with Crippen molar-refractivity contribution in [2.24, 2.45) is 23.5 Å². The molecule has 2 saturated carbocycles. The maximum atomic E-state index is 12.4. The highest BCUT2D eigenvalue weighted by atomic mass is 16.2. The Labute approximate surface area is 98.4 Å². The van der Waals surface area contributed by atoms with Gasteiger partial charge in [-0.1, -0.05) is 13.3 Å². The fourth-order valence-electron chi connectivity index (χ4n) is 3.09. The number of nitrogens with two attached hydrogens (primary N) is 1. The molecule has 0 aromatic carbocycles. The Kier molecular flexibility index (Phi) is 3.53. The molecule has 3 atom stereocenters. The predicted molar refractivity (Wildman–Crippen MR) is 64.8 cm³/mol. The topological polar surface area (TPSA) is 46.3 Å². The van der Waals surface area contributed by atoms with Crippen LogP contribution in [0.15, 0.2) is 0 Å². The van der Waals surface area contributed by atoms with Crippen LogP contribution in [0, 0.1) is 17.8 Å². The number of rotatable bonds is 4. The molecule has 0 aliphatic heterocycles. The lowest BCUT2D eigenvalue weighted by Crippen LogP contribution is -2.46. The van der Waals surface area contributed by atoms with Crippen molar-refractivity contribution in [1.29, 1.82) is 0 Å². The first-order valence-electron chi connectivity index (χ1n) is 6.62. The molecule has 2 aliphatic rings. The van der Waals surface area contributed by atoms with Gasteiger partial charge < -0.3 is 10.6 Å². The van der Waals surface area contributed by atoms with E-state index in [0.717, 1.165) is 6.42 Å². The first-order chi connectivity index (χ1) is 7.65. The van der Waals surface area contributed by atoms with Crippen LogP contribution in [0.5, 0.6) is 0 Å². The van der Waals surface area contributed by atoms with Crippen molar-refractivity contribution in [1.82, 2.24) is 4.90 Å². The number of carbonyl (C=O) groups excluding carboxylic acids is 1. The maximum absolute atomic E-state index is 12.4. The average Bonchev–Trinajstić information content (AvgIpc) is 3.01. The fourth-order valence-corrected chi connectivity index (χ4v) is 3.09. The van der Waals surface area contributed by atoms with Gasteiger partial charge in [-0.15, -0.1) is 0 Å². The summed E-state index contributed by atoms with van der Waals surface area (Å²) in [6.45, 7) is 2.83. The van der Waals surface area contributed by atoms with Crippen molar-refractivity contribution in [3.05, 3.63) is 0 Å². The van der Waals surface area contributed by atoms with Gasteiger partial charge in [0.05, 0.1) is 0 Å². The SMILES string of the molecule is CC1CCCC1C(=O)N(C)C(CN)C1CC1. The third kappa shape index (κ3) is 2.24. The Balaban J connectivity index is 1.96. The van der Waals surface area contributed by atoms with E-state index in [2.05, 4.69) is 6.92 Å². The first kappa shape index (κ1) is 11.9. The largest absolute Gasteiger partial charge is 0.341 e. The van der Waals surface area contributed by atoms with Gasteiger partial charge in [0.15, 0.2) is 0 Å². The molecule has 2 aliphatic carbocycles. The van der Waals surface area contributed by atoms with Crippen molar-refractivity contribution < 1.29 is 4.79 Å². The van der Waals surface area contributed by atoms with E-state index in [0.29, 0.717) is 30.3 Å². The van der Waals surface area contributed by atoms with Gasteiger partial charge >= 0.3 is 0 Å². The normalized spacial score (nSPS) is 31.4. The summed E-state index contributed by atoms with van der Waals surface area (Å²) in [7, 11) is 1.95. The molecule has 0 radical (unpaired) electrons. The van der Waals surface area contributed by atoms with Crippen LogP contribution < -0.4 is 5.73 Å². The van der Waals surface area contributed by atoms with Gasteiger partial charge in [0.25, 0.3) is 0 Å². The second-order valence-electron chi connectivity index (χ2n) is 5.60. The van der Waals surface area contributed by atoms with Crippen LogP contribution in [0.3, 0.4) is 0 Å². The summed E-state index contributed by atoms with van der Waals surface area (Å²) in [4.78, 5) is 14.3. The molecule has 2 N–H and O–H groups in total. The minimum atomic E-state index is 0.262. The highest BCUT2D eigenvalue weighted by Gasteiger charge is 2.38. The number of nitrogens with zero attached hydrogens (tertiary/aromatic N) is 1. The lowest BCUT2D eigenvalue weighted by molar-refractivity contribution is -0.137. The molecule has 0 bridgehead atoms. The number of hydrogen-bond donors (Lipinski definition) is 1. The zero-order valence-corrected chi connectivity index (χ0v) is 10.5. The Bertz CT molecular complexity index is 263. The molecule has 2 rings (SSSR count). The van der Waals surface area contributed by atoms with Crippen LogP contribution in [0.1, 0.15) is 39.0 Å². The zero-order valence-electron chi connectivity index (χ0n) is 10.5. The fraction of sp³-hybridized carbons (Fsp3) is 0.923. The molecule has 2 fully saturated rings. The maximum Gasteiger partial charge on any atom is 0.225 e. The van der Waals surface area contributed by atoms with Crippen LogP contribution in [0.4, 0.5) is 0 Å². The molecule has 0 saturated heterocycles. The summed E-state index contributed by atoms with van der Waals surface area (Å²) in [5, 5.41) is 0. The van der Waals surface area contributed by atoms with Crippen LogP contribution in [0.2, 0.25) is 0 Å². The average molecular weight is 224 g/mol. The van der Waals surface area contributed by atoms with E-state index < -0.39 is 0 Å². The van der Waals surface area contributed by atoms with E-state index >= 15 is 0 Å². The quantitative estimate of drug-likeness (QED) is 0.788. The molecule has 16 heavy (non-hydrogen) atoms. The number of hydrogen-bond acceptors (Lipinski definition) is 2. The summed E-state index contributed by atoms with van der Waals surface area (Å²) in [5.74, 6) is 1.84. The highest BCUT2D eigenvalue weighted by molar-refractivity contribution is 5.79. The van der Waals surface area contributed by atoms with E-state index in [9.17, 15) is 4.79 Å². The number of amides is 1. The molecule has 0 heterocycles. The second-order valence-corrected chi connectivity index (χ2v) is 5.60. The van der Waals surface area contributed by atoms with E-state index in [4.69, 9.17) is 5.73 Å². The van der Waals surface area contributed by atoms with Crippen LogP contribution in [-0.4, -0.2) is 30.4 Å². The summed E-state index contributed by atoms with van der Waals surface area (Å²) in [5.41, 5.74) is 5.79. The van der Waals surface area contributed by atoms with Gasteiger partial charge in [-0.2, -0.15) is 0 Å². The van der Waals surface area contributed by atoms with Crippen LogP contribution >= 0.6 is 0 Å². The van der Waals surface area contributed by atoms with Crippen molar-refractivity contribution in [3.63, 3.8) is 0 Å². The Morgan fingerprint density at radius 1 is 1.38 bits per heavy atom. The zero-order chi connectivity index (χ0) is 11.7. The van der Waals surface area contributed by atoms with E-state index in [1.807, 2.05) is 11.9 Å². The van der Waals surface area contributed by atoms with Crippen molar-refractivity contribution in [2.45, 2.75) is 45.1 Å². The molecular formula is C13H24N2O. The Morgan fingerprint density at radius 2 is 2.06 bits per heavy atom. The lowest BCUT2D eigenvalue weighted by Gasteiger charge is -2.30. The summed E-state index contributed by atoms with van der Waals surface area (Å²) < 4.78 is 0. The molecular weight excluding hydrogens is 200 g/mol. The van der Waals surface area contributed by atoms with Gasteiger partial charge in [-0.05, 0) is 37.5 Å². The van der Waals surface area contributed by atoms with Gasteiger partial charge in [-0.3, -0.25) is 4.79 Å². The molecule has 1 amide bonds. The Morgan fingerprint density at radius 3 is 2.50 bits per heavy atom. The third-order valence-electron chi connectivity index (χ3n) is 4.43. The molecule has 92 valence electrons. The molecule has 0 aromatic rings. The first-order valence-corrected chi connectivity index (χ1v) is 6.62. The minimum absolute atomic E-state index is 0.262. The molecule has 3 unspecified atom stereocenters. The molecule has 0 aromatic heterocycles. The monoisotopic (exact) mass is 224 g/mol. The standard InChI is InChI=1S/C13H24N2O/c1-9-4-3-5-11(9)13(16)15(2)12(8-14)10-6-7-10/h9-12H,3-8,14H2,1-2H3. The van der Waals surface area contributed by atoms with E-state index in [-0.39, 0.29) is 5.92 Å². The summed E-state index contributed by atoms with van der Waals surface area (Å²) >= 11 is 0. The summed E-state index contributed by atoms with van der Waals surface area (Å²) in [6.07, 6.45) is 5.99. The summed E-state index contributed by atoms with van der Waals surface area (Å²) in [6, 6.07) is 0.292. The molecule has 3 nitrogen and oxygen atoms in total. The van der Waals surface area contributed by atoms with E-state index in [1.54, 1.807) is 0 Å². The minimum Gasteiger partial charge on any atom is -0.341 e. The van der Waals surface area contributed by atoms with Crippen molar-refractivity contribution in [2.75, 3.05) is 13.6 Å². The Hall–Kier alpha value is -0.570. The number of carbonyl (C=O) groups is 1. The van der Waals surface area contributed by atoms with Gasteiger partial charge in [0.1, 0.15) is 0 Å². The second kappa shape index (κ2) is 4.74. The highest BCUT2D eigenvalue weighted by Crippen LogP contribution is 2.37. The number of likely N-dealkylation sites (N-methyl/N-ethyl adjacent to an activating group) is 1. The van der Waals surface area contributed by atoms with Gasteiger partial charge in [-0.25, -0.2) is 0 Å². The van der Waals surface area contributed by atoms with Crippen molar-refractivity contribution in [3.8, 4) is 0 Å². The predicted octanol–water partition coefficient (Wildman–Crippen LogP) is 1.62. The third-order valence-corrected chi connectivity index (χ3v) is 4.43. The van der Waals surface area contributed by atoms with Gasteiger partial charge in [0.2, 0.25) is 5.91 Å². The molecule has 0 spiro atoms. The van der Waals surface area contributed by atoms with Crippen molar-refractivity contribution >= 4 is 5.91 Å².